The second-order valence-electron chi connectivity index (χ2n) is 7.90. The van der Waals surface area contributed by atoms with Gasteiger partial charge in [-0.15, -0.1) is 0 Å². The van der Waals surface area contributed by atoms with E-state index in [-0.39, 0.29) is 23.4 Å². The molecule has 8 heteroatoms. The van der Waals surface area contributed by atoms with Crippen LogP contribution < -0.4 is 5.32 Å². The predicted octanol–water partition coefficient (Wildman–Crippen LogP) is 4.34. The van der Waals surface area contributed by atoms with Gasteiger partial charge in [-0.2, -0.15) is 0 Å². The Labute approximate surface area is 174 Å². The Kier molecular flexibility index (Phi) is 6.54. The summed E-state index contributed by atoms with van der Waals surface area (Å²) in [4.78, 5) is 35.1. The van der Waals surface area contributed by atoms with E-state index >= 15 is 0 Å². The predicted molar refractivity (Wildman–Crippen MR) is 110 cm³/mol. The van der Waals surface area contributed by atoms with Crippen molar-refractivity contribution in [3.8, 4) is 11.3 Å². The molecule has 160 valence electrons. The van der Waals surface area contributed by atoms with Crippen LogP contribution in [-0.2, 0) is 9.53 Å². The summed E-state index contributed by atoms with van der Waals surface area (Å²) in [6.07, 6.45) is 2.21. The first-order valence-electron chi connectivity index (χ1n) is 10.1. The molecule has 0 aliphatic heterocycles. The molecule has 1 heterocycles. The number of carbonyl (C=O) groups excluding carboxylic acids is 2. The number of hydrogen-bond acceptors (Lipinski definition) is 6. The molecule has 0 unspecified atom stereocenters. The number of nitro groups is 1. The summed E-state index contributed by atoms with van der Waals surface area (Å²) in [5.74, 6) is 0.191. The molecule has 3 rings (SSSR count). The van der Waals surface area contributed by atoms with Gasteiger partial charge in [0.05, 0.1) is 4.92 Å². The van der Waals surface area contributed by atoms with Crippen LogP contribution in [0.1, 0.15) is 50.6 Å². The highest BCUT2D eigenvalue weighted by Gasteiger charge is 2.30. The van der Waals surface area contributed by atoms with Crippen molar-refractivity contribution in [3.63, 3.8) is 0 Å². The normalized spacial score (nSPS) is 22.2. The number of nitrogens with zero attached hydrogens (tertiary/aromatic N) is 1. The third-order valence-corrected chi connectivity index (χ3v) is 5.86. The van der Waals surface area contributed by atoms with Crippen molar-refractivity contribution >= 4 is 17.6 Å². The van der Waals surface area contributed by atoms with Gasteiger partial charge in [0.1, 0.15) is 5.76 Å². The second-order valence-corrected chi connectivity index (χ2v) is 7.90. The van der Waals surface area contributed by atoms with Crippen LogP contribution in [0.15, 0.2) is 40.8 Å². The Morgan fingerprint density at radius 2 is 1.87 bits per heavy atom. The Morgan fingerprint density at radius 3 is 2.53 bits per heavy atom. The molecule has 1 N–H and O–H groups in total. The van der Waals surface area contributed by atoms with E-state index in [0.29, 0.717) is 23.2 Å². The molecule has 1 fully saturated rings. The lowest BCUT2D eigenvalue weighted by atomic mass is 9.78. The summed E-state index contributed by atoms with van der Waals surface area (Å²) in [6.45, 7) is 5.85. The topological polar surface area (TPSA) is 112 Å². The fourth-order valence-corrected chi connectivity index (χ4v) is 3.71. The zero-order valence-corrected chi connectivity index (χ0v) is 17.3. The summed E-state index contributed by atoms with van der Waals surface area (Å²) >= 11 is 0. The number of amides is 1. The lowest BCUT2D eigenvalue weighted by Crippen LogP contribution is -2.47. The minimum absolute atomic E-state index is 0.0357. The molecule has 1 aromatic carbocycles. The van der Waals surface area contributed by atoms with Crippen molar-refractivity contribution in [2.75, 3.05) is 0 Å². The Balaban J connectivity index is 1.59. The van der Waals surface area contributed by atoms with Crippen LogP contribution in [0.3, 0.4) is 0 Å². The molecular weight excluding hydrogens is 388 g/mol. The van der Waals surface area contributed by atoms with Gasteiger partial charge in [-0.25, -0.2) is 4.79 Å². The second kappa shape index (κ2) is 9.11. The van der Waals surface area contributed by atoms with Gasteiger partial charge >= 0.3 is 5.97 Å². The molecule has 1 amide bonds. The lowest BCUT2D eigenvalue weighted by Gasteiger charge is -2.35. The van der Waals surface area contributed by atoms with Gasteiger partial charge in [0.25, 0.3) is 11.6 Å². The van der Waals surface area contributed by atoms with Crippen molar-refractivity contribution in [2.45, 2.75) is 52.2 Å². The van der Waals surface area contributed by atoms with E-state index < -0.39 is 17.0 Å². The third kappa shape index (κ3) is 4.87. The van der Waals surface area contributed by atoms with E-state index in [1.165, 1.54) is 37.3 Å². The van der Waals surface area contributed by atoms with Gasteiger partial charge in [-0.1, -0.05) is 26.7 Å². The minimum Gasteiger partial charge on any atom is -0.449 e. The van der Waals surface area contributed by atoms with Gasteiger partial charge in [0.2, 0.25) is 5.76 Å². The van der Waals surface area contributed by atoms with Crippen molar-refractivity contribution < 1.29 is 23.7 Å². The van der Waals surface area contributed by atoms with E-state index in [4.69, 9.17) is 9.15 Å². The van der Waals surface area contributed by atoms with Crippen molar-refractivity contribution in [3.05, 3.63) is 52.3 Å². The van der Waals surface area contributed by atoms with Gasteiger partial charge in [0.15, 0.2) is 6.10 Å². The largest absolute Gasteiger partial charge is 0.449 e. The fraction of sp³-hybridized carbons (Fsp3) is 0.455. The van der Waals surface area contributed by atoms with Crippen LogP contribution in [0.4, 0.5) is 5.69 Å². The van der Waals surface area contributed by atoms with E-state index in [0.717, 1.165) is 19.3 Å². The highest BCUT2D eigenvalue weighted by atomic mass is 16.6. The summed E-state index contributed by atoms with van der Waals surface area (Å²) in [5.41, 5.74) is 0.553. The highest BCUT2D eigenvalue weighted by molar-refractivity contribution is 5.90. The average molecular weight is 414 g/mol. The van der Waals surface area contributed by atoms with E-state index in [1.807, 2.05) is 0 Å². The minimum atomic E-state index is -0.949. The third-order valence-electron chi connectivity index (χ3n) is 5.86. The number of carbonyl (C=O) groups is 2. The molecular formula is C22H26N2O6. The summed E-state index contributed by atoms with van der Waals surface area (Å²) in [6, 6.07) is 8.90. The number of nitrogens with one attached hydrogen (secondary N) is 1. The molecule has 0 spiro atoms. The first kappa shape index (κ1) is 21.5. The standard InChI is InChI=1S/C22H26N2O6/c1-13-5-4-6-18(14(13)2)23-21(25)15(3)29-22(26)20-12-11-19(30-20)16-7-9-17(10-8-16)24(27)28/h7-15,18H,4-6H2,1-3H3,(H,23,25)/t13-,14-,15-,18+/m0/s1. The van der Waals surface area contributed by atoms with E-state index in [2.05, 4.69) is 19.2 Å². The van der Waals surface area contributed by atoms with Crippen molar-refractivity contribution in [1.29, 1.82) is 0 Å². The molecule has 1 aliphatic carbocycles. The number of nitro benzene ring substituents is 1. The number of benzene rings is 1. The van der Waals surface area contributed by atoms with Crippen LogP contribution in [0.2, 0.25) is 0 Å². The monoisotopic (exact) mass is 414 g/mol. The zero-order chi connectivity index (χ0) is 21.8. The Hall–Kier alpha value is -3.16. The molecule has 2 aromatic rings. The van der Waals surface area contributed by atoms with E-state index in [9.17, 15) is 19.7 Å². The maximum atomic E-state index is 12.5. The molecule has 4 atom stereocenters. The number of esters is 1. The summed E-state index contributed by atoms with van der Waals surface area (Å²) in [7, 11) is 0. The molecule has 0 bridgehead atoms. The summed E-state index contributed by atoms with van der Waals surface area (Å²) in [5, 5.41) is 13.7. The van der Waals surface area contributed by atoms with Crippen molar-refractivity contribution in [2.24, 2.45) is 11.8 Å². The number of furan rings is 1. The van der Waals surface area contributed by atoms with Gasteiger partial charge in [0, 0.05) is 23.7 Å². The fourth-order valence-electron chi connectivity index (χ4n) is 3.71. The van der Waals surface area contributed by atoms with Gasteiger partial charge in [-0.05, 0) is 49.4 Å². The average Bonchev–Trinajstić information content (AvgIpc) is 3.22. The molecule has 1 aliphatic rings. The Morgan fingerprint density at radius 1 is 1.17 bits per heavy atom. The number of rotatable bonds is 6. The smallest absolute Gasteiger partial charge is 0.375 e. The molecule has 0 radical (unpaired) electrons. The van der Waals surface area contributed by atoms with Crippen LogP contribution >= 0.6 is 0 Å². The highest BCUT2D eigenvalue weighted by Crippen LogP contribution is 2.29. The van der Waals surface area contributed by atoms with Gasteiger partial charge < -0.3 is 14.5 Å². The van der Waals surface area contributed by atoms with Crippen LogP contribution in [-0.4, -0.2) is 28.9 Å². The van der Waals surface area contributed by atoms with E-state index in [1.54, 1.807) is 6.07 Å². The number of hydrogen-bond donors (Lipinski definition) is 1. The van der Waals surface area contributed by atoms with Crippen LogP contribution in [0, 0.1) is 22.0 Å². The summed E-state index contributed by atoms with van der Waals surface area (Å²) < 4.78 is 10.8. The number of ether oxygens (including phenoxy) is 1. The maximum Gasteiger partial charge on any atom is 0.375 e. The molecule has 8 nitrogen and oxygen atoms in total. The maximum absolute atomic E-state index is 12.5. The van der Waals surface area contributed by atoms with Gasteiger partial charge in [-0.3, -0.25) is 14.9 Å². The SMILES string of the molecule is C[C@H]1[C@@H](C)CCC[C@H]1NC(=O)[C@H](C)OC(=O)c1ccc(-c2ccc([N+](=O)[O-])cc2)o1. The molecule has 1 saturated carbocycles. The Bertz CT molecular complexity index is 920. The van der Waals surface area contributed by atoms with Crippen LogP contribution in [0.5, 0.6) is 0 Å². The van der Waals surface area contributed by atoms with Crippen LogP contribution in [0.25, 0.3) is 11.3 Å². The molecule has 0 saturated heterocycles. The lowest BCUT2D eigenvalue weighted by molar-refractivity contribution is -0.384. The van der Waals surface area contributed by atoms with Crippen molar-refractivity contribution in [1.82, 2.24) is 5.32 Å². The number of non-ortho nitro benzene ring substituents is 1. The first-order chi connectivity index (χ1) is 14.3. The quantitative estimate of drug-likeness (QED) is 0.427. The zero-order valence-electron chi connectivity index (χ0n) is 17.3. The molecule has 1 aromatic heterocycles. The first-order valence-corrected chi connectivity index (χ1v) is 10.1. The molecule has 30 heavy (non-hydrogen) atoms.